The molecule has 0 aliphatic carbocycles. The summed E-state index contributed by atoms with van der Waals surface area (Å²) in [4.78, 5) is 0. The van der Waals surface area contributed by atoms with Crippen molar-refractivity contribution in [3.63, 3.8) is 0 Å². The van der Waals surface area contributed by atoms with E-state index in [4.69, 9.17) is 11.2 Å². The molecule has 4 heteroatoms. The van der Waals surface area contributed by atoms with E-state index in [9.17, 15) is 0 Å². The van der Waals surface area contributed by atoms with Crippen molar-refractivity contribution in [2.45, 2.75) is 0 Å². The molecule has 2 aromatic rings. The normalized spacial score (nSPS) is 9.87. The molecular weight excluding hydrogens is 256 g/mol. The minimum atomic E-state index is 0.229. The lowest BCUT2D eigenvalue weighted by Crippen LogP contribution is -1.96. The van der Waals surface area contributed by atoms with Crippen LogP contribution >= 0.6 is 15.9 Å². The Morgan fingerprint density at radius 2 is 2.33 bits per heavy atom. The predicted molar refractivity (Wildman–Crippen MR) is 61.6 cm³/mol. The number of hydrogen-bond donors (Lipinski definition) is 0. The quantitative estimate of drug-likeness (QED) is 0.780. The Kier molecular flexibility index (Phi) is 2.84. The zero-order valence-electron chi connectivity index (χ0n) is 7.77. The minimum Gasteiger partial charge on any atom is -0.479 e. The third-order valence-electron chi connectivity index (χ3n) is 1.88. The second-order valence-electron chi connectivity index (χ2n) is 2.86. The maximum atomic E-state index is 5.36. The van der Waals surface area contributed by atoms with Gasteiger partial charge in [-0.3, -0.25) is 0 Å². The lowest BCUT2D eigenvalue weighted by Gasteiger charge is -2.05. The van der Waals surface area contributed by atoms with Gasteiger partial charge in [0.15, 0.2) is 0 Å². The Balaban J connectivity index is 2.54. The fourth-order valence-corrected chi connectivity index (χ4v) is 1.60. The summed E-state index contributed by atoms with van der Waals surface area (Å²) in [6.07, 6.45) is 6.69. The molecule has 0 unspecified atom stereocenters. The van der Waals surface area contributed by atoms with Crippen LogP contribution in [-0.4, -0.2) is 16.8 Å². The molecular formula is C11H7BrN2O. The van der Waals surface area contributed by atoms with Gasteiger partial charge in [0.05, 0.1) is 11.7 Å². The summed E-state index contributed by atoms with van der Waals surface area (Å²) in [6, 6.07) is 5.70. The number of rotatable bonds is 2. The van der Waals surface area contributed by atoms with E-state index in [0.717, 1.165) is 15.4 Å². The van der Waals surface area contributed by atoms with Gasteiger partial charge in [-0.1, -0.05) is 21.9 Å². The van der Waals surface area contributed by atoms with Gasteiger partial charge in [0, 0.05) is 9.86 Å². The Morgan fingerprint density at radius 1 is 1.47 bits per heavy atom. The smallest absolute Gasteiger partial charge is 0.150 e. The highest BCUT2D eigenvalue weighted by atomic mass is 79.9. The summed E-state index contributed by atoms with van der Waals surface area (Å²) in [5, 5.41) is 8.72. The first-order valence-corrected chi connectivity index (χ1v) is 5.08. The van der Waals surface area contributed by atoms with Crippen molar-refractivity contribution in [1.29, 1.82) is 0 Å². The minimum absolute atomic E-state index is 0.229. The van der Waals surface area contributed by atoms with Crippen LogP contribution < -0.4 is 4.74 Å². The van der Waals surface area contributed by atoms with Crippen LogP contribution in [-0.2, 0) is 0 Å². The fourth-order valence-electron chi connectivity index (χ4n) is 1.24. The number of nitrogens with zero attached hydrogens (tertiary/aromatic N) is 2. The number of ether oxygens (including phenoxy) is 1. The number of aromatic nitrogens is 2. The Hall–Kier alpha value is -1.60. The second-order valence-corrected chi connectivity index (χ2v) is 3.78. The lowest BCUT2D eigenvalue weighted by molar-refractivity contribution is 0.372. The van der Waals surface area contributed by atoms with Crippen LogP contribution in [0.3, 0.4) is 0 Å². The van der Waals surface area contributed by atoms with E-state index in [1.165, 1.54) is 0 Å². The predicted octanol–water partition coefficient (Wildman–Crippen LogP) is 2.40. The maximum Gasteiger partial charge on any atom is 0.150 e. The molecule has 0 fully saturated rings. The van der Waals surface area contributed by atoms with Gasteiger partial charge in [-0.15, -0.1) is 6.42 Å². The van der Waals surface area contributed by atoms with Crippen molar-refractivity contribution in [3.8, 4) is 18.1 Å². The summed E-state index contributed by atoms with van der Waals surface area (Å²) in [6.45, 7) is 0.229. The van der Waals surface area contributed by atoms with Crippen LogP contribution in [0.25, 0.3) is 10.9 Å². The van der Waals surface area contributed by atoms with Gasteiger partial charge >= 0.3 is 0 Å². The lowest BCUT2D eigenvalue weighted by atomic mass is 10.2. The molecule has 0 saturated carbocycles. The van der Waals surface area contributed by atoms with Crippen molar-refractivity contribution in [2.24, 2.45) is 0 Å². The van der Waals surface area contributed by atoms with Crippen molar-refractivity contribution in [3.05, 3.63) is 28.9 Å². The van der Waals surface area contributed by atoms with E-state index in [2.05, 4.69) is 32.0 Å². The first-order valence-electron chi connectivity index (χ1n) is 4.28. The highest BCUT2D eigenvalue weighted by Crippen LogP contribution is 2.25. The van der Waals surface area contributed by atoms with Gasteiger partial charge < -0.3 is 4.74 Å². The zero-order valence-corrected chi connectivity index (χ0v) is 9.36. The molecule has 0 aliphatic heterocycles. The third kappa shape index (κ3) is 2.08. The van der Waals surface area contributed by atoms with Crippen LogP contribution in [0.5, 0.6) is 5.75 Å². The summed E-state index contributed by atoms with van der Waals surface area (Å²) >= 11 is 3.39. The van der Waals surface area contributed by atoms with E-state index in [1.54, 1.807) is 6.20 Å². The largest absolute Gasteiger partial charge is 0.479 e. The van der Waals surface area contributed by atoms with E-state index in [1.807, 2.05) is 18.2 Å². The molecule has 0 N–H and O–H groups in total. The average molecular weight is 263 g/mol. The topological polar surface area (TPSA) is 35.0 Å². The highest BCUT2D eigenvalue weighted by Gasteiger charge is 2.03. The molecule has 1 aromatic carbocycles. The molecule has 0 spiro atoms. The van der Waals surface area contributed by atoms with Crippen molar-refractivity contribution in [1.82, 2.24) is 10.2 Å². The van der Waals surface area contributed by atoms with Crippen molar-refractivity contribution in [2.75, 3.05) is 6.61 Å². The summed E-state index contributed by atoms with van der Waals surface area (Å²) < 4.78 is 6.33. The molecule has 1 heterocycles. The number of terminal acetylenes is 1. The standard InChI is InChI=1S/C11H7BrN2O/c1-2-5-15-11-7-13-14-10-4-3-8(12)6-9(10)11/h1,3-4,6-7H,5H2. The Labute approximate surface area is 95.6 Å². The van der Waals surface area contributed by atoms with Gasteiger partial charge in [0.25, 0.3) is 0 Å². The van der Waals surface area contributed by atoms with Crippen LogP contribution in [0.4, 0.5) is 0 Å². The monoisotopic (exact) mass is 262 g/mol. The van der Waals surface area contributed by atoms with Gasteiger partial charge in [0.1, 0.15) is 12.4 Å². The maximum absolute atomic E-state index is 5.36. The summed E-state index contributed by atoms with van der Waals surface area (Å²) in [5.74, 6) is 3.07. The van der Waals surface area contributed by atoms with E-state index in [0.29, 0.717) is 5.75 Å². The molecule has 3 nitrogen and oxygen atoms in total. The Bertz CT molecular complexity index is 534. The van der Waals surface area contributed by atoms with Gasteiger partial charge in [-0.2, -0.15) is 10.2 Å². The van der Waals surface area contributed by atoms with Crippen LogP contribution in [0.15, 0.2) is 28.9 Å². The van der Waals surface area contributed by atoms with Crippen LogP contribution in [0.2, 0.25) is 0 Å². The molecule has 0 aliphatic rings. The van der Waals surface area contributed by atoms with E-state index < -0.39 is 0 Å². The highest BCUT2D eigenvalue weighted by molar-refractivity contribution is 9.10. The second kappa shape index (κ2) is 4.28. The molecule has 1 aromatic heterocycles. The molecule has 74 valence electrons. The SMILES string of the molecule is C#CCOc1cnnc2ccc(Br)cc12. The number of halogens is 1. The number of hydrogen-bond acceptors (Lipinski definition) is 3. The molecule has 0 bridgehead atoms. The van der Waals surface area contributed by atoms with Crippen LogP contribution in [0.1, 0.15) is 0 Å². The van der Waals surface area contributed by atoms with Crippen molar-refractivity contribution >= 4 is 26.8 Å². The average Bonchev–Trinajstić information content (AvgIpc) is 2.26. The molecule has 2 rings (SSSR count). The van der Waals surface area contributed by atoms with Crippen LogP contribution in [0, 0.1) is 12.3 Å². The van der Waals surface area contributed by atoms with E-state index in [-0.39, 0.29) is 6.61 Å². The van der Waals surface area contributed by atoms with Gasteiger partial charge in [0.2, 0.25) is 0 Å². The molecule has 0 atom stereocenters. The summed E-state index contributed by atoms with van der Waals surface area (Å²) in [5.41, 5.74) is 0.785. The summed E-state index contributed by atoms with van der Waals surface area (Å²) in [7, 11) is 0. The molecule has 0 radical (unpaired) electrons. The molecule has 0 saturated heterocycles. The van der Waals surface area contributed by atoms with Crippen molar-refractivity contribution < 1.29 is 4.74 Å². The van der Waals surface area contributed by atoms with Gasteiger partial charge in [-0.05, 0) is 18.2 Å². The number of benzene rings is 1. The molecule has 15 heavy (non-hydrogen) atoms. The Morgan fingerprint density at radius 3 is 3.13 bits per heavy atom. The molecule has 0 amide bonds. The first-order chi connectivity index (χ1) is 7.31. The third-order valence-corrected chi connectivity index (χ3v) is 2.37. The zero-order chi connectivity index (χ0) is 10.7. The number of fused-ring (bicyclic) bond motifs is 1. The fraction of sp³-hybridized carbons (Fsp3) is 0.0909. The first kappa shape index (κ1) is 9.94. The van der Waals surface area contributed by atoms with Gasteiger partial charge in [-0.25, -0.2) is 0 Å². The van der Waals surface area contributed by atoms with E-state index >= 15 is 0 Å².